The highest BCUT2D eigenvalue weighted by Gasteiger charge is 2.25. The topological polar surface area (TPSA) is 49.4 Å². The van der Waals surface area contributed by atoms with Gasteiger partial charge < -0.3 is 10.2 Å². The van der Waals surface area contributed by atoms with Gasteiger partial charge in [-0.25, -0.2) is 0 Å². The van der Waals surface area contributed by atoms with Crippen molar-refractivity contribution in [3.8, 4) is 0 Å². The molecular formula is C15H20N2O2. The zero-order chi connectivity index (χ0) is 13.7. The fourth-order valence-electron chi connectivity index (χ4n) is 2.39. The van der Waals surface area contributed by atoms with Crippen molar-refractivity contribution in [3.05, 3.63) is 35.9 Å². The Bertz CT molecular complexity index is 437. The molecule has 19 heavy (non-hydrogen) atoms. The molecule has 4 nitrogen and oxygen atoms in total. The van der Waals surface area contributed by atoms with E-state index in [0.29, 0.717) is 19.6 Å². The Balaban J connectivity index is 1.77. The number of carbonyl (C=O) groups is 2. The van der Waals surface area contributed by atoms with Crippen molar-refractivity contribution in [3.63, 3.8) is 0 Å². The molecule has 0 unspecified atom stereocenters. The third kappa shape index (κ3) is 3.81. The first-order chi connectivity index (χ1) is 9.16. The van der Waals surface area contributed by atoms with Gasteiger partial charge in [-0.05, 0) is 18.4 Å². The van der Waals surface area contributed by atoms with Gasteiger partial charge in [0.15, 0.2) is 0 Å². The number of benzene rings is 1. The Kier molecular flexibility index (Phi) is 4.55. The Morgan fingerprint density at radius 3 is 2.42 bits per heavy atom. The summed E-state index contributed by atoms with van der Waals surface area (Å²) in [7, 11) is 0. The van der Waals surface area contributed by atoms with E-state index < -0.39 is 0 Å². The molecule has 0 atom stereocenters. The third-order valence-corrected chi connectivity index (χ3v) is 3.62. The second kappa shape index (κ2) is 6.36. The Labute approximate surface area is 113 Å². The van der Waals surface area contributed by atoms with Gasteiger partial charge in [-0.2, -0.15) is 0 Å². The molecule has 0 spiro atoms. The van der Waals surface area contributed by atoms with Crippen molar-refractivity contribution in [2.24, 2.45) is 5.92 Å². The first-order valence-corrected chi connectivity index (χ1v) is 6.74. The fourth-order valence-corrected chi connectivity index (χ4v) is 2.39. The van der Waals surface area contributed by atoms with Crippen molar-refractivity contribution in [2.75, 3.05) is 13.1 Å². The van der Waals surface area contributed by atoms with E-state index in [1.54, 1.807) is 11.8 Å². The third-order valence-electron chi connectivity index (χ3n) is 3.62. The van der Waals surface area contributed by atoms with Crippen LogP contribution in [-0.4, -0.2) is 29.8 Å². The van der Waals surface area contributed by atoms with Gasteiger partial charge in [0.2, 0.25) is 11.8 Å². The minimum absolute atomic E-state index is 0.0410. The monoisotopic (exact) mass is 260 g/mol. The molecule has 102 valence electrons. The van der Waals surface area contributed by atoms with Gasteiger partial charge in [-0.1, -0.05) is 30.3 Å². The van der Waals surface area contributed by atoms with Gasteiger partial charge in [-0.15, -0.1) is 0 Å². The van der Waals surface area contributed by atoms with Gasteiger partial charge in [0.1, 0.15) is 0 Å². The average Bonchev–Trinajstić information content (AvgIpc) is 2.46. The Morgan fingerprint density at radius 1 is 1.21 bits per heavy atom. The van der Waals surface area contributed by atoms with Gasteiger partial charge in [0.25, 0.3) is 0 Å². The van der Waals surface area contributed by atoms with Crippen LogP contribution >= 0.6 is 0 Å². The summed E-state index contributed by atoms with van der Waals surface area (Å²) in [6.07, 6.45) is 1.53. The number of rotatable bonds is 3. The highest BCUT2D eigenvalue weighted by molar-refractivity contribution is 5.79. The van der Waals surface area contributed by atoms with E-state index in [4.69, 9.17) is 0 Å². The molecule has 1 aromatic rings. The maximum atomic E-state index is 12.0. The molecule has 1 N–H and O–H groups in total. The van der Waals surface area contributed by atoms with E-state index in [1.165, 1.54) is 0 Å². The highest BCUT2D eigenvalue weighted by Crippen LogP contribution is 2.17. The van der Waals surface area contributed by atoms with E-state index in [2.05, 4.69) is 5.32 Å². The van der Waals surface area contributed by atoms with Crippen LogP contribution < -0.4 is 5.32 Å². The molecule has 1 saturated heterocycles. The van der Waals surface area contributed by atoms with Crippen LogP contribution in [0.15, 0.2) is 30.3 Å². The van der Waals surface area contributed by atoms with Crippen LogP contribution in [0.2, 0.25) is 0 Å². The normalized spacial score (nSPS) is 16.2. The molecule has 1 fully saturated rings. The molecule has 0 aliphatic carbocycles. The lowest BCUT2D eigenvalue weighted by Gasteiger charge is -2.30. The SMILES string of the molecule is CC(=O)N1CCC(C(=O)NCc2ccccc2)CC1. The minimum Gasteiger partial charge on any atom is -0.352 e. The smallest absolute Gasteiger partial charge is 0.223 e. The molecule has 2 rings (SSSR count). The van der Waals surface area contributed by atoms with E-state index in [0.717, 1.165) is 18.4 Å². The summed E-state index contributed by atoms with van der Waals surface area (Å²) < 4.78 is 0. The maximum Gasteiger partial charge on any atom is 0.223 e. The van der Waals surface area contributed by atoms with Crippen LogP contribution in [-0.2, 0) is 16.1 Å². The predicted octanol–water partition coefficient (Wildman–Crippen LogP) is 1.56. The van der Waals surface area contributed by atoms with Crippen molar-refractivity contribution in [1.29, 1.82) is 0 Å². The van der Waals surface area contributed by atoms with Crippen LogP contribution in [0.25, 0.3) is 0 Å². The van der Waals surface area contributed by atoms with Gasteiger partial charge in [0, 0.05) is 32.5 Å². The quantitative estimate of drug-likeness (QED) is 0.896. The summed E-state index contributed by atoms with van der Waals surface area (Å²) in [5, 5.41) is 2.97. The molecule has 0 bridgehead atoms. The number of nitrogens with one attached hydrogen (secondary N) is 1. The van der Waals surface area contributed by atoms with Gasteiger partial charge in [0.05, 0.1) is 0 Å². The molecule has 0 aromatic heterocycles. The summed E-state index contributed by atoms with van der Waals surface area (Å²) in [4.78, 5) is 25.1. The van der Waals surface area contributed by atoms with Gasteiger partial charge in [-0.3, -0.25) is 9.59 Å². The number of amides is 2. The minimum atomic E-state index is 0.0410. The summed E-state index contributed by atoms with van der Waals surface area (Å²) >= 11 is 0. The second-order valence-corrected chi connectivity index (χ2v) is 4.98. The van der Waals surface area contributed by atoms with Crippen molar-refractivity contribution >= 4 is 11.8 Å². The highest BCUT2D eigenvalue weighted by atomic mass is 16.2. The average molecular weight is 260 g/mol. The van der Waals surface area contributed by atoms with Crippen LogP contribution in [0.3, 0.4) is 0 Å². The predicted molar refractivity (Wildman–Crippen MR) is 73.3 cm³/mol. The summed E-state index contributed by atoms with van der Waals surface area (Å²) in [6.45, 7) is 3.54. The Morgan fingerprint density at radius 2 is 1.84 bits per heavy atom. The second-order valence-electron chi connectivity index (χ2n) is 4.98. The molecule has 2 amide bonds. The molecular weight excluding hydrogens is 240 g/mol. The van der Waals surface area contributed by atoms with E-state index in [-0.39, 0.29) is 17.7 Å². The van der Waals surface area contributed by atoms with Crippen molar-refractivity contribution in [2.45, 2.75) is 26.3 Å². The molecule has 0 radical (unpaired) electrons. The van der Waals surface area contributed by atoms with Gasteiger partial charge >= 0.3 is 0 Å². The molecule has 4 heteroatoms. The lowest BCUT2D eigenvalue weighted by molar-refractivity contribution is -0.134. The summed E-state index contributed by atoms with van der Waals surface area (Å²) in [6, 6.07) is 9.89. The first kappa shape index (κ1) is 13.6. The largest absolute Gasteiger partial charge is 0.352 e. The standard InChI is InChI=1S/C15H20N2O2/c1-12(18)17-9-7-14(8-10-17)15(19)16-11-13-5-3-2-4-6-13/h2-6,14H,7-11H2,1H3,(H,16,19). The number of piperidine rings is 1. The van der Waals surface area contributed by atoms with Crippen LogP contribution in [0.4, 0.5) is 0 Å². The number of nitrogens with zero attached hydrogens (tertiary/aromatic N) is 1. The van der Waals surface area contributed by atoms with Crippen LogP contribution in [0.5, 0.6) is 0 Å². The maximum absolute atomic E-state index is 12.0. The van der Waals surface area contributed by atoms with Crippen LogP contribution in [0.1, 0.15) is 25.3 Å². The lowest BCUT2D eigenvalue weighted by atomic mass is 9.96. The first-order valence-electron chi connectivity index (χ1n) is 6.74. The van der Waals surface area contributed by atoms with Crippen LogP contribution in [0, 0.1) is 5.92 Å². The lowest BCUT2D eigenvalue weighted by Crippen LogP contribution is -2.42. The number of hydrogen-bond donors (Lipinski definition) is 1. The zero-order valence-electron chi connectivity index (χ0n) is 11.3. The molecule has 1 aliphatic rings. The molecule has 1 heterocycles. The Hall–Kier alpha value is -1.84. The summed E-state index contributed by atoms with van der Waals surface area (Å²) in [5.41, 5.74) is 1.11. The fraction of sp³-hybridized carbons (Fsp3) is 0.467. The number of likely N-dealkylation sites (tertiary alicyclic amines) is 1. The molecule has 0 saturated carbocycles. The van der Waals surface area contributed by atoms with Crippen molar-refractivity contribution < 1.29 is 9.59 Å². The van der Waals surface area contributed by atoms with Crippen molar-refractivity contribution in [1.82, 2.24) is 10.2 Å². The molecule has 1 aromatic carbocycles. The number of carbonyl (C=O) groups excluding carboxylic acids is 2. The van der Waals surface area contributed by atoms with E-state index >= 15 is 0 Å². The van der Waals surface area contributed by atoms with E-state index in [9.17, 15) is 9.59 Å². The number of hydrogen-bond acceptors (Lipinski definition) is 2. The zero-order valence-corrected chi connectivity index (χ0v) is 11.3. The summed E-state index contributed by atoms with van der Waals surface area (Å²) in [5.74, 6) is 0.245. The molecule has 1 aliphatic heterocycles. The van der Waals surface area contributed by atoms with E-state index in [1.807, 2.05) is 30.3 Å².